The van der Waals surface area contributed by atoms with Gasteiger partial charge in [0.1, 0.15) is 0 Å². The van der Waals surface area contributed by atoms with E-state index in [9.17, 15) is 9.90 Å². The molecule has 3 aromatic rings. The smallest absolute Gasteiger partial charge is 0.251 e. The van der Waals surface area contributed by atoms with Crippen molar-refractivity contribution >= 4 is 16.8 Å². The zero-order valence-corrected chi connectivity index (χ0v) is 15.1. The summed E-state index contributed by atoms with van der Waals surface area (Å²) in [5.41, 5.74) is 3.90. The summed E-state index contributed by atoms with van der Waals surface area (Å²) >= 11 is 0. The van der Waals surface area contributed by atoms with Gasteiger partial charge in [-0.1, -0.05) is 36.4 Å². The number of nitrogens with one attached hydrogen (secondary N) is 2. The van der Waals surface area contributed by atoms with Gasteiger partial charge in [-0.05, 0) is 31.0 Å². The minimum Gasteiger partial charge on any atom is -0.387 e. The molecule has 2 aliphatic heterocycles. The first-order chi connectivity index (χ1) is 13.2. The normalized spacial score (nSPS) is 25.0. The van der Waals surface area contributed by atoms with Crippen LogP contribution in [0, 0.1) is 0 Å². The van der Waals surface area contributed by atoms with Crippen LogP contribution in [0.1, 0.15) is 46.6 Å². The van der Waals surface area contributed by atoms with Crippen LogP contribution >= 0.6 is 0 Å². The zero-order valence-electron chi connectivity index (χ0n) is 15.1. The van der Waals surface area contributed by atoms with Crippen LogP contribution in [0.15, 0.2) is 54.6 Å². The minimum atomic E-state index is -0.470. The van der Waals surface area contributed by atoms with Crippen LogP contribution in [0.3, 0.4) is 0 Å². The van der Waals surface area contributed by atoms with Gasteiger partial charge >= 0.3 is 0 Å². The number of hydrogen-bond acceptors (Lipinski definition) is 3. The molecular formula is C22H23N3O2. The molecule has 1 fully saturated rings. The number of aromatic amines is 1. The van der Waals surface area contributed by atoms with Crippen molar-refractivity contribution in [2.75, 3.05) is 13.1 Å². The van der Waals surface area contributed by atoms with Gasteiger partial charge in [0.15, 0.2) is 0 Å². The van der Waals surface area contributed by atoms with E-state index in [-0.39, 0.29) is 18.0 Å². The molecular weight excluding hydrogens is 338 g/mol. The van der Waals surface area contributed by atoms with Gasteiger partial charge in [0.05, 0.1) is 12.1 Å². The number of H-pyrrole nitrogens is 1. The molecule has 5 rings (SSSR count). The van der Waals surface area contributed by atoms with Crippen LogP contribution in [0.4, 0.5) is 0 Å². The monoisotopic (exact) mass is 361 g/mol. The number of aliphatic hydroxyl groups is 1. The summed E-state index contributed by atoms with van der Waals surface area (Å²) in [4.78, 5) is 18.4. The third-order valence-corrected chi connectivity index (χ3v) is 5.94. The van der Waals surface area contributed by atoms with Crippen LogP contribution in [0.2, 0.25) is 0 Å². The van der Waals surface area contributed by atoms with Crippen LogP contribution in [-0.4, -0.2) is 40.0 Å². The second-order valence-corrected chi connectivity index (χ2v) is 7.59. The highest BCUT2D eigenvalue weighted by Crippen LogP contribution is 2.43. The number of aromatic nitrogens is 1. The van der Waals surface area contributed by atoms with Crippen molar-refractivity contribution < 1.29 is 9.90 Å². The Bertz CT molecular complexity index is 982. The number of benzene rings is 2. The summed E-state index contributed by atoms with van der Waals surface area (Å²) < 4.78 is 0. The predicted molar refractivity (Wildman–Crippen MR) is 105 cm³/mol. The number of rotatable bonds is 2. The van der Waals surface area contributed by atoms with Crippen molar-refractivity contribution in [2.45, 2.75) is 31.0 Å². The summed E-state index contributed by atoms with van der Waals surface area (Å²) in [5, 5.41) is 15.0. The van der Waals surface area contributed by atoms with Crippen molar-refractivity contribution in [1.29, 1.82) is 0 Å². The maximum Gasteiger partial charge on any atom is 0.251 e. The molecule has 3 heterocycles. The maximum absolute atomic E-state index is 12.5. The van der Waals surface area contributed by atoms with Gasteiger partial charge in [-0.15, -0.1) is 0 Å². The van der Waals surface area contributed by atoms with E-state index in [0.29, 0.717) is 12.1 Å². The zero-order chi connectivity index (χ0) is 18.4. The fourth-order valence-electron chi connectivity index (χ4n) is 4.64. The quantitative estimate of drug-likeness (QED) is 0.657. The largest absolute Gasteiger partial charge is 0.387 e. The molecule has 0 bridgehead atoms. The number of carbonyl (C=O) groups is 1. The summed E-state index contributed by atoms with van der Waals surface area (Å²) in [6, 6.07) is 17.9. The lowest BCUT2D eigenvalue weighted by Crippen LogP contribution is -2.49. The molecule has 2 aromatic carbocycles. The number of carbonyl (C=O) groups excluding carboxylic acids is 1. The second kappa shape index (κ2) is 6.51. The maximum atomic E-state index is 12.5. The van der Waals surface area contributed by atoms with E-state index in [2.05, 4.69) is 27.3 Å². The number of nitrogens with zero attached hydrogens (tertiary/aromatic N) is 1. The van der Waals surface area contributed by atoms with E-state index < -0.39 is 6.10 Å². The van der Waals surface area contributed by atoms with Crippen molar-refractivity contribution in [3.8, 4) is 0 Å². The summed E-state index contributed by atoms with van der Waals surface area (Å²) in [5.74, 6) is -0.0123. The molecule has 3 atom stereocenters. The molecule has 1 aromatic heterocycles. The molecule has 5 nitrogen and oxygen atoms in total. The Morgan fingerprint density at radius 2 is 1.89 bits per heavy atom. The van der Waals surface area contributed by atoms with Gasteiger partial charge in [-0.25, -0.2) is 0 Å². The van der Waals surface area contributed by atoms with Crippen LogP contribution < -0.4 is 5.32 Å². The molecule has 5 heteroatoms. The standard InChI is InChI=1S/C22H23N3O2/c26-19-13-25-11-10-15(23-22(27)14-6-2-1-3-7-14)12-18(25)21-20(19)16-8-4-5-9-17(16)24-21/h1-9,15,18-19,24,26H,10-13H2,(H,23,27). The van der Waals surface area contributed by atoms with Crippen molar-refractivity contribution in [3.63, 3.8) is 0 Å². The number of piperidine rings is 1. The Labute approximate surface area is 158 Å². The molecule has 3 N–H and O–H groups in total. The third-order valence-electron chi connectivity index (χ3n) is 5.94. The van der Waals surface area contributed by atoms with Crippen molar-refractivity contribution in [2.24, 2.45) is 0 Å². The van der Waals surface area contributed by atoms with E-state index in [1.165, 1.54) is 0 Å². The first kappa shape index (κ1) is 16.5. The minimum absolute atomic E-state index is 0.0123. The molecule has 1 saturated heterocycles. The SMILES string of the molecule is O=C(NC1CCN2CC(O)c3c([nH]c4ccccc34)C2C1)c1ccccc1. The van der Waals surface area contributed by atoms with E-state index in [1.807, 2.05) is 42.5 Å². The van der Waals surface area contributed by atoms with Crippen LogP contribution in [-0.2, 0) is 0 Å². The van der Waals surface area contributed by atoms with E-state index in [1.54, 1.807) is 0 Å². The number of aliphatic hydroxyl groups excluding tert-OH is 1. The summed E-state index contributed by atoms with van der Waals surface area (Å²) in [6.45, 7) is 1.52. The number of amides is 1. The van der Waals surface area contributed by atoms with Crippen molar-refractivity contribution in [3.05, 3.63) is 71.4 Å². The first-order valence-corrected chi connectivity index (χ1v) is 9.59. The number of para-hydroxylation sites is 1. The Hall–Kier alpha value is -2.63. The molecule has 3 unspecified atom stereocenters. The van der Waals surface area contributed by atoms with Gasteiger partial charge in [0, 0.05) is 46.9 Å². The van der Waals surface area contributed by atoms with Crippen LogP contribution in [0.5, 0.6) is 0 Å². The van der Waals surface area contributed by atoms with Crippen molar-refractivity contribution in [1.82, 2.24) is 15.2 Å². The van der Waals surface area contributed by atoms with E-state index >= 15 is 0 Å². The molecule has 0 spiro atoms. The van der Waals surface area contributed by atoms with Crippen LogP contribution in [0.25, 0.3) is 10.9 Å². The number of hydrogen-bond donors (Lipinski definition) is 3. The van der Waals surface area contributed by atoms with Gasteiger partial charge in [-0.3, -0.25) is 9.69 Å². The molecule has 1 amide bonds. The Balaban J connectivity index is 1.42. The molecule has 0 saturated carbocycles. The first-order valence-electron chi connectivity index (χ1n) is 9.59. The summed E-state index contributed by atoms with van der Waals surface area (Å²) in [7, 11) is 0. The van der Waals surface area contributed by atoms with Gasteiger partial charge < -0.3 is 15.4 Å². The molecule has 138 valence electrons. The molecule has 2 aliphatic rings. The molecule has 0 aliphatic carbocycles. The third kappa shape index (κ3) is 2.83. The highest BCUT2D eigenvalue weighted by Gasteiger charge is 2.39. The molecule has 0 radical (unpaired) electrons. The lowest BCUT2D eigenvalue weighted by molar-refractivity contribution is 0.0365. The topological polar surface area (TPSA) is 68.4 Å². The van der Waals surface area contributed by atoms with Gasteiger partial charge in [-0.2, -0.15) is 0 Å². The Morgan fingerprint density at radius 3 is 2.74 bits per heavy atom. The Kier molecular flexibility index (Phi) is 3.99. The Morgan fingerprint density at radius 1 is 1.11 bits per heavy atom. The second-order valence-electron chi connectivity index (χ2n) is 7.59. The average Bonchev–Trinajstić information content (AvgIpc) is 3.10. The highest BCUT2D eigenvalue weighted by atomic mass is 16.3. The fraction of sp³-hybridized carbons (Fsp3) is 0.318. The predicted octanol–water partition coefficient (Wildman–Crippen LogP) is 3.15. The fourth-order valence-corrected chi connectivity index (χ4v) is 4.64. The number of fused-ring (bicyclic) bond motifs is 5. The lowest BCUT2D eigenvalue weighted by Gasteiger charge is -2.43. The lowest BCUT2D eigenvalue weighted by atomic mass is 9.87. The highest BCUT2D eigenvalue weighted by molar-refractivity contribution is 5.94. The van der Waals surface area contributed by atoms with Gasteiger partial charge in [0.25, 0.3) is 5.91 Å². The van der Waals surface area contributed by atoms with Gasteiger partial charge in [0.2, 0.25) is 0 Å². The summed E-state index contributed by atoms with van der Waals surface area (Å²) in [6.07, 6.45) is 1.28. The molecule has 27 heavy (non-hydrogen) atoms. The van der Waals surface area contributed by atoms with E-state index in [0.717, 1.165) is 41.5 Å². The van der Waals surface area contributed by atoms with E-state index in [4.69, 9.17) is 0 Å². The average molecular weight is 361 g/mol.